The first-order valence-corrected chi connectivity index (χ1v) is 9.71. The largest absolute Gasteiger partial charge is 0.393 e. The fourth-order valence-corrected chi connectivity index (χ4v) is 7.46. The van der Waals surface area contributed by atoms with Gasteiger partial charge in [0.15, 0.2) is 0 Å². The summed E-state index contributed by atoms with van der Waals surface area (Å²) in [6.07, 6.45) is 9.98. The average molecular weight is 320 g/mol. The molecule has 2 N–H and O–H groups in total. The second kappa shape index (κ2) is 5.05. The maximum Gasteiger partial charge on any atom is 0.123 e. The van der Waals surface area contributed by atoms with Crippen LogP contribution in [0.1, 0.15) is 71.6 Å². The molecule has 0 aromatic heterocycles. The second-order valence-corrected chi connectivity index (χ2v) is 9.58. The normalized spacial score (nSPS) is 58.9. The molecule has 0 aromatic carbocycles. The van der Waals surface area contributed by atoms with Gasteiger partial charge in [-0.15, -0.1) is 0 Å². The van der Waals surface area contributed by atoms with Crippen molar-refractivity contribution in [2.45, 2.75) is 83.3 Å². The summed E-state index contributed by atoms with van der Waals surface area (Å²) in [5, 5.41) is 21.8. The molecule has 4 fully saturated rings. The van der Waals surface area contributed by atoms with E-state index in [0.717, 1.165) is 64.1 Å². The predicted molar refractivity (Wildman–Crippen MR) is 88.7 cm³/mol. The van der Waals surface area contributed by atoms with E-state index in [0.29, 0.717) is 17.8 Å². The topological polar surface area (TPSA) is 57.5 Å². The zero-order valence-corrected chi connectivity index (χ0v) is 14.6. The number of carbonyl (C=O) groups excluding carboxylic acids is 1. The summed E-state index contributed by atoms with van der Waals surface area (Å²) in [7, 11) is 0. The number of carbonyl (C=O) groups is 1. The summed E-state index contributed by atoms with van der Waals surface area (Å²) in [5.74, 6) is 1.57. The standard InChI is InChI=1S/C20H32O3/c1-18-8-6-15(22)11-13(18)3-4-17-16(18)7-9-19(2)14(12-21)5-10-20(17,19)23/h12-17,22-23H,3-11H2,1-2H3/t13-,14-,15+,16?,17?,18+,19-,20+/m1/s1. The third kappa shape index (κ3) is 1.93. The van der Waals surface area contributed by atoms with Crippen LogP contribution in [0.25, 0.3) is 0 Å². The highest BCUT2D eigenvalue weighted by Crippen LogP contribution is 2.68. The third-order valence-corrected chi connectivity index (χ3v) is 9.06. The van der Waals surface area contributed by atoms with Crippen molar-refractivity contribution >= 4 is 6.29 Å². The Morgan fingerprint density at radius 3 is 2.48 bits per heavy atom. The quantitative estimate of drug-likeness (QED) is 0.729. The minimum Gasteiger partial charge on any atom is -0.393 e. The summed E-state index contributed by atoms with van der Waals surface area (Å²) in [4.78, 5) is 11.6. The zero-order chi connectivity index (χ0) is 16.5. The smallest absolute Gasteiger partial charge is 0.123 e. The van der Waals surface area contributed by atoms with E-state index in [1.807, 2.05) is 0 Å². The van der Waals surface area contributed by atoms with Crippen LogP contribution in [0.15, 0.2) is 0 Å². The highest BCUT2D eigenvalue weighted by molar-refractivity contribution is 5.57. The van der Waals surface area contributed by atoms with Crippen LogP contribution in [0.5, 0.6) is 0 Å². The van der Waals surface area contributed by atoms with Crippen LogP contribution in [-0.2, 0) is 4.79 Å². The van der Waals surface area contributed by atoms with E-state index < -0.39 is 5.60 Å². The van der Waals surface area contributed by atoms with E-state index in [2.05, 4.69) is 13.8 Å². The fourth-order valence-electron chi connectivity index (χ4n) is 7.46. The minimum atomic E-state index is -0.647. The molecule has 23 heavy (non-hydrogen) atoms. The van der Waals surface area contributed by atoms with E-state index in [-0.39, 0.29) is 22.9 Å². The molecule has 0 aliphatic heterocycles. The van der Waals surface area contributed by atoms with Crippen LogP contribution < -0.4 is 0 Å². The van der Waals surface area contributed by atoms with Gasteiger partial charge < -0.3 is 15.0 Å². The Morgan fingerprint density at radius 2 is 1.74 bits per heavy atom. The number of aliphatic hydroxyl groups is 2. The van der Waals surface area contributed by atoms with Crippen molar-refractivity contribution < 1.29 is 15.0 Å². The van der Waals surface area contributed by atoms with Gasteiger partial charge in [0, 0.05) is 11.3 Å². The van der Waals surface area contributed by atoms with E-state index in [4.69, 9.17) is 0 Å². The van der Waals surface area contributed by atoms with Crippen LogP contribution in [0, 0.1) is 34.5 Å². The monoisotopic (exact) mass is 320 g/mol. The molecule has 0 heterocycles. The lowest BCUT2D eigenvalue weighted by molar-refractivity contribution is -0.208. The molecule has 3 heteroatoms. The number of fused-ring (bicyclic) bond motifs is 5. The molecule has 3 nitrogen and oxygen atoms in total. The molecule has 2 unspecified atom stereocenters. The van der Waals surface area contributed by atoms with Crippen LogP contribution >= 0.6 is 0 Å². The summed E-state index contributed by atoms with van der Waals surface area (Å²) in [5.41, 5.74) is -0.586. The molecule has 0 aromatic rings. The lowest BCUT2D eigenvalue weighted by atomic mass is 9.43. The molecule has 4 aliphatic rings. The van der Waals surface area contributed by atoms with E-state index in [1.165, 1.54) is 0 Å². The van der Waals surface area contributed by atoms with Gasteiger partial charge in [-0.3, -0.25) is 0 Å². The van der Waals surface area contributed by atoms with Crippen LogP contribution in [0.3, 0.4) is 0 Å². The number of rotatable bonds is 1. The van der Waals surface area contributed by atoms with Gasteiger partial charge in [0.05, 0.1) is 11.7 Å². The molecule has 4 aliphatic carbocycles. The van der Waals surface area contributed by atoms with Crippen molar-refractivity contribution in [1.82, 2.24) is 0 Å². The molecule has 0 spiro atoms. The minimum absolute atomic E-state index is 0.0344. The first-order chi connectivity index (χ1) is 10.8. The SMILES string of the molecule is C[C@]12CC[C@H](O)C[C@H]1CCC1C2CC[C@]2(C)[C@@H](C=O)CC[C@]12O. The number of hydrogen-bond donors (Lipinski definition) is 2. The van der Waals surface area contributed by atoms with Gasteiger partial charge in [-0.1, -0.05) is 13.8 Å². The molecule has 0 amide bonds. The highest BCUT2D eigenvalue weighted by Gasteiger charge is 2.67. The van der Waals surface area contributed by atoms with Crippen molar-refractivity contribution in [3.8, 4) is 0 Å². The number of hydrogen-bond acceptors (Lipinski definition) is 3. The predicted octanol–water partition coefficient (Wildman–Crippen LogP) is 3.32. The van der Waals surface area contributed by atoms with Gasteiger partial charge in [-0.2, -0.15) is 0 Å². The van der Waals surface area contributed by atoms with Crippen molar-refractivity contribution in [2.24, 2.45) is 34.5 Å². The molecule has 130 valence electrons. The van der Waals surface area contributed by atoms with E-state index in [9.17, 15) is 15.0 Å². The number of aliphatic hydroxyl groups excluding tert-OH is 1. The Hall–Kier alpha value is -0.410. The Labute approximate surface area is 139 Å². The molecular formula is C20H32O3. The average Bonchev–Trinajstić information content (AvgIpc) is 2.79. The van der Waals surface area contributed by atoms with Crippen molar-refractivity contribution in [1.29, 1.82) is 0 Å². The lowest BCUT2D eigenvalue weighted by Gasteiger charge is -2.63. The van der Waals surface area contributed by atoms with Gasteiger partial charge in [0.2, 0.25) is 0 Å². The summed E-state index contributed by atoms with van der Waals surface area (Å²) in [6, 6.07) is 0. The van der Waals surface area contributed by atoms with Gasteiger partial charge >= 0.3 is 0 Å². The Morgan fingerprint density at radius 1 is 0.957 bits per heavy atom. The first-order valence-electron chi connectivity index (χ1n) is 9.71. The molecular weight excluding hydrogens is 288 g/mol. The Balaban J connectivity index is 1.68. The summed E-state index contributed by atoms with van der Waals surface area (Å²) < 4.78 is 0. The van der Waals surface area contributed by atoms with Crippen LogP contribution in [0.2, 0.25) is 0 Å². The summed E-state index contributed by atoms with van der Waals surface area (Å²) in [6.45, 7) is 4.60. The fraction of sp³-hybridized carbons (Fsp3) is 0.950. The Bertz CT molecular complexity index is 505. The maximum atomic E-state index is 11.7. The van der Waals surface area contributed by atoms with Gasteiger partial charge in [-0.25, -0.2) is 0 Å². The van der Waals surface area contributed by atoms with Crippen LogP contribution in [-0.4, -0.2) is 28.2 Å². The molecule has 8 atom stereocenters. The third-order valence-electron chi connectivity index (χ3n) is 9.06. The highest BCUT2D eigenvalue weighted by atomic mass is 16.3. The lowest BCUT2D eigenvalue weighted by Crippen LogP contribution is -2.62. The molecule has 4 rings (SSSR count). The Kier molecular flexibility index (Phi) is 3.53. The van der Waals surface area contributed by atoms with Gasteiger partial charge in [-0.05, 0) is 81.0 Å². The zero-order valence-electron chi connectivity index (χ0n) is 14.6. The maximum absolute atomic E-state index is 11.7. The van der Waals surface area contributed by atoms with E-state index in [1.54, 1.807) is 0 Å². The molecule has 0 saturated heterocycles. The van der Waals surface area contributed by atoms with Crippen molar-refractivity contribution in [2.75, 3.05) is 0 Å². The van der Waals surface area contributed by atoms with E-state index >= 15 is 0 Å². The van der Waals surface area contributed by atoms with Crippen molar-refractivity contribution in [3.63, 3.8) is 0 Å². The second-order valence-electron chi connectivity index (χ2n) is 9.58. The van der Waals surface area contributed by atoms with Crippen molar-refractivity contribution in [3.05, 3.63) is 0 Å². The molecule has 0 bridgehead atoms. The van der Waals surface area contributed by atoms with Gasteiger partial charge in [0.1, 0.15) is 6.29 Å². The first kappa shape index (κ1) is 16.1. The van der Waals surface area contributed by atoms with Gasteiger partial charge in [0.25, 0.3) is 0 Å². The molecule has 0 radical (unpaired) electrons. The van der Waals surface area contributed by atoms with Crippen LogP contribution in [0.4, 0.5) is 0 Å². The summed E-state index contributed by atoms with van der Waals surface area (Å²) >= 11 is 0. The number of aldehydes is 1. The molecule has 4 saturated carbocycles.